The van der Waals surface area contributed by atoms with Gasteiger partial charge in [0.1, 0.15) is 5.82 Å². The van der Waals surface area contributed by atoms with Gasteiger partial charge in [0.15, 0.2) is 0 Å². The number of nitrogens with one attached hydrogen (secondary N) is 1. The molecule has 0 unspecified atom stereocenters. The summed E-state index contributed by atoms with van der Waals surface area (Å²) in [5.41, 5.74) is 0.506. The molecule has 0 bridgehead atoms. The van der Waals surface area contributed by atoms with Crippen LogP contribution in [-0.4, -0.2) is 18.0 Å². The maximum Gasteiger partial charge on any atom is 0.273 e. The highest BCUT2D eigenvalue weighted by Gasteiger charge is 2.26. The van der Waals surface area contributed by atoms with E-state index in [4.69, 9.17) is 0 Å². The van der Waals surface area contributed by atoms with Gasteiger partial charge in [-0.15, -0.1) is 0 Å². The van der Waals surface area contributed by atoms with Crippen molar-refractivity contribution in [2.24, 2.45) is 0 Å². The molecule has 74 valence electrons. The maximum absolute atomic E-state index is 12.9. The van der Waals surface area contributed by atoms with E-state index < -0.39 is 10.7 Å². The number of hydrogen-bond donors (Lipinski definition) is 1. The molecule has 0 spiro atoms. The predicted octanol–water partition coefficient (Wildman–Crippen LogP) is 1.42. The molecular weight excluding hydrogens is 187 g/mol. The predicted molar refractivity (Wildman–Crippen MR) is 48.7 cm³/mol. The lowest BCUT2D eigenvalue weighted by molar-refractivity contribution is -0.385. The van der Waals surface area contributed by atoms with Crippen molar-refractivity contribution >= 4 is 5.69 Å². The molecule has 0 amide bonds. The fraction of sp³-hybridized carbons (Fsp3) is 0.333. The maximum atomic E-state index is 12.9. The highest BCUT2D eigenvalue weighted by atomic mass is 19.1. The van der Waals surface area contributed by atoms with E-state index in [0.717, 1.165) is 6.07 Å². The second-order valence-corrected chi connectivity index (χ2v) is 3.32. The van der Waals surface area contributed by atoms with Crippen molar-refractivity contribution < 1.29 is 9.31 Å². The Morgan fingerprint density at radius 2 is 2.21 bits per heavy atom. The van der Waals surface area contributed by atoms with E-state index in [0.29, 0.717) is 18.7 Å². The first-order chi connectivity index (χ1) is 6.68. The Morgan fingerprint density at radius 3 is 2.71 bits per heavy atom. The topological polar surface area (TPSA) is 55.2 Å². The Hall–Kier alpha value is -1.49. The Morgan fingerprint density at radius 1 is 1.50 bits per heavy atom. The molecule has 14 heavy (non-hydrogen) atoms. The number of nitro benzene ring substituents is 1. The average molecular weight is 196 g/mol. The van der Waals surface area contributed by atoms with Gasteiger partial charge >= 0.3 is 0 Å². The van der Waals surface area contributed by atoms with E-state index in [9.17, 15) is 14.5 Å². The first-order valence-corrected chi connectivity index (χ1v) is 4.33. The lowest BCUT2D eigenvalue weighted by Crippen LogP contribution is -2.40. The van der Waals surface area contributed by atoms with Gasteiger partial charge in [0.2, 0.25) is 0 Å². The van der Waals surface area contributed by atoms with Gasteiger partial charge in [-0.3, -0.25) is 10.1 Å². The van der Waals surface area contributed by atoms with Crippen LogP contribution in [0.4, 0.5) is 10.1 Å². The number of benzene rings is 1. The zero-order valence-electron chi connectivity index (χ0n) is 7.37. The molecule has 1 N–H and O–H groups in total. The summed E-state index contributed by atoms with van der Waals surface area (Å²) in [6, 6.07) is 3.60. The Balaban J connectivity index is 2.42. The van der Waals surface area contributed by atoms with Crippen molar-refractivity contribution in [1.82, 2.24) is 5.32 Å². The molecule has 0 radical (unpaired) electrons. The highest BCUT2D eigenvalue weighted by Crippen LogP contribution is 2.29. The van der Waals surface area contributed by atoms with Crippen LogP contribution in [0.5, 0.6) is 0 Å². The molecule has 1 aromatic carbocycles. The van der Waals surface area contributed by atoms with Gasteiger partial charge in [-0.2, -0.15) is 0 Å². The Labute approximate surface area is 79.9 Å². The van der Waals surface area contributed by atoms with Crippen LogP contribution in [0.2, 0.25) is 0 Å². The molecule has 2 rings (SSSR count). The van der Waals surface area contributed by atoms with Crippen LogP contribution in [0.3, 0.4) is 0 Å². The highest BCUT2D eigenvalue weighted by molar-refractivity contribution is 5.44. The van der Waals surface area contributed by atoms with Crippen molar-refractivity contribution in [3.05, 3.63) is 39.7 Å². The summed E-state index contributed by atoms with van der Waals surface area (Å²) in [6.45, 7) is 1.37. The zero-order valence-corrected chi connectivity index (χ0v) is 7.37. The molecule has 1 fully saturated rings. The third-order valence-electron chi connectivity index (χ3n) is 2.41. The van der Waals surface area contributed by atoms with Crippen LogP contribution >= 0.6 is 0 Å². The Bertz CT molecular complexity index is 377. The largest absolute Gasteiger partial charge is 0.315 e. The van der Waals surface area contributed by atoms with Crippen LogP contribution in [-0.2, 0) is 0 Å². The summed E-state index contributed by atoms with van der Waals surface area (Å²) in [5, 5.41) is 13.6. The molecule has 0 aliphatic carbocycles. The summed E-state index contributed by atoms with van der Waals surface area (Å²) in [5.74, 6) is -0.344. The van der Waals surface area contributed by atoms with Gasteiger partial charge < -0.3 is 5.32 Å². The fourth-order valence-electron chi connectivity index (χ4n) is 1.53. The molecule has 0 aromatic heterocycles. The molecule has 0 saturated carbocycles. The second kappa shape index (κ2) is 3.34. The minimum Gasteiger partial charge on any atom is -0.315 e. The van der Waals surface area contributed by atoms with Crippen molar-refractivity contribution in [3.63, 3.8) is 0 Å². The molecule has 4 nitrogen and oxygen atoms in total. The normalized spacial score (nSPS) is 16.4. The van der Waals surface area contributed by atoms with Crippen molar-refractivity contribution in [2.75, 3.05) is 13.1 Å². The molecule has 1 saturated heterocycles. The van der Waals surface area contributed by atoms with Crippen molar-refractivity contribution in [1.29, 1.82) is 0 Å². The number of nitro groups is 1. The van der Waals surface area contributed by atoms with Crippen LogP contribution in [0.15, 0.2) is 18.2 Å². The number of nitrogens with zero attached hydrogens (tertiary/aromatic N) is 1. The fourth-order valence-corrected chi connectivity index (χ4v) is 1.53. The minimum atomic E-state index is -0.465. The smallest absolute Gasteiger partial charge is 0.273 e. The molecule has 0 atom stereocenters. The molecule has 1 heterocycles. The van der Waals surface area contributed by atoms with E-state index in [1.165, 1.54) is 12.1 Å². The molecule has 1 aromatic rings. The van der Waals surface area contributed by atoms with Gasteiger partial charge in [0, 0.05) is 30.6 Å². The van der Waals surface area contributed by atoms with Gasteiger partial charge in [-0.05, 0) is 12.1 Å². The van der Waals surface area contributed by atoms with Gasteiger partial charge in [0.05, 0.1) is 4.92 Å². The second-order valence-electron chi connectivity index (χ2n) is 3.32. The van der Waals surface area contributed by atoms with Crippen molar-refractivity contribution in [2.45, 2.75) is 5.92 Å². The number of rotatable bonds is 2. The summed E-state index contributed by atoms with van der Waals surface area (Å²) in [6.07, 6.45) is 0. The van der Waals surface area contributed by atoms with E-state index in [1.54, 1.807) is 0 Å². The van der Waals surface area contributed by atoms with Crippen LogP contribution in [0.1, 0.15) is 11.5 Å². The SMILES string of the molecule is O=[N+]([O-])c1ccc(F)cc1C1CNC1. The summed E-state index contributed by atoms with van der Waals surface area (Å²) < 4.78 is 12.9. The van der Waals surface area contributed by atoms with E-state index in [-0.39, 0.29) is 11.6 Å². The van der Waals surface area contributed by atoms with Crippen molar-refractivity contribution in [3.8, 4) is 0 Å². The van der Waals surface area contributed by atoms with Gasteiger partial charge in [0.25, 0.3) is 5.69 Å². The number of hydrogen-bond acceptors (Lipinski definition) is 3. The molecule has 1 aliphatic heterocycles. The lowest BCUT2D eigenvalue weighted by atomic mass is 9.92. The average Bonchev–Trinajstić information content (AvgIpc) is 2.00. The van der Waals surface area contributed by atoms with Crippen LogP contribution in [0.25, 0.3) is 0 Å². The monoisotopic (exact) mass is 196 g/mol. The number of halogens is 1. The quantitative estimate of drug-likeness (QED) is 0.575. The summed E-state index contributed by atoms with van der Waals surface area (Å²) in [7, 11) is 0. The molecular formula is C9H9FN2O2. The van der Waals surface area contributed by atoms with E-state index in [1.807, 2.05) is 0 Å². The first-order valence-electron chi connectivity index (χ1n) is 4.33. The standard InChI is InChI=1S/C9H9FN2O2/c10-7-1-2-9(12(13)14)8(3-7)6-4-11-5-6/h1-3,6,11H,4-5H2. The van der Waals surface area contributed by atoms with Gasteiger partial charge in [-0.25, -0.2) is 4.39 Å². The minimum absolute atomic E-state index is 0.0119. The summed E-state index contributed by atoms with van der Waals surface area (Å²) >= 11 is 0. The molecule has 5 heteroatoms. The van der Waals surface area contributed by atoms with Crippen LogP contribution in [0, 0.1) is 15.9 Å². The lowest BCUT2D eigenvalue weighted by Gasteiger charge is -2.26. The summed E-state index contributed by atoms with van der Waals surface area (Å²) in [4.78, 5) is 10.2. The Kier molecular flexibility index (Phi) is 2.17. The molecule has 1 aliphatic rings. The zero-order chi connectivity index (χ0) is 10.1. The van der Waals surface area contributed by atoms with Gasteiger partial charge in [-0.1, -0.05) is 0 Å². The van der Waals surface area contributed by atoms with E-state index in [2.05, 4.69) is 5.32 Å². The van der Waals surface area contributed by atoms with E-state index >= 15 is 0 Å². The third-order valence-corrected chi connectivity index (χ3v) is 2.41. The van der Waals surface area contributed by atoms with Crippen LogP contribution < -0.4 is 5.32 Å². The first kappa shape index (κ1) is 9.08. The third kappa shape index (κ3) is 1.46.